The molecular formula is C7H11F3N2O5S2. The maximum Gasteiger partial charge on any atom is 0.512 e. The number of nitrogens with one attached hydrogen (secondary N) is 2. The number of halogens is 3. The Kier molecular flexibility index (Phi) is 5.53. The van der Waals surface area contributed by atoms with E-state index in [9.17, 15) is 34.8 Å². The van der Waals surface area contributed by atoms with Crippen LogP contribution in [0.25, 0.3) is 0 Å². The SMILES string of the molecule is C=C(C)C(=O)NCCS(=O)(=O)NS(=O)(=O)C(F)(F)F. The van der Waals surface area contributed by atoms with Crippen LogP contribution in [0.5, 0.6) is 0 Å². The third-order valence-corrected chi connectivity index (χ3v) is 4.83. The Morgan fingerprint density at radius 3 is 2.05 bits per heavy atom. The van der Waals surface area contributed by atoms with Crippen LogP contribution in [0.15, 0.2) is 12.2 Å². The first-order valence-electron chi connectivity index (χ1n) is 4.55. The van der Waals surface area contributed by atoms with E-state index in [-0.39, 0.29) is 5.57 Å². The highest BCUT2D eigenvalue weighted by Gasteiger charge is 2.48. The van der Waals surface area contributed by atoms with Crippen LogP contribution < -0.4 is 9.44 Å². The Hall–Kier alpha value is -1.14. The maximum absolute atomic E-state index is 11.9. The number of alkyl halides is 3. The molecule has 0 aromatic heterocycles. The molecule has 0 aliphatic heterocycles. The second-order valence-corrected chi connectivity index (χ2v) is 7.16. The summed E-state index contributed by atoms with van der Waals surface area (Å²) in [5, 5.41) is 2.03. The van der Waals surface area contributed by atoms with Gasteiger partial charge in [0.2, 0.25) is 15.9 Å². The number of sulfonamides is 2. The van der Waals surface area contributed by atoms with Crippen molar-refractivity contribution in [2.45, 2.75) is 12.4 Å². The lowest BCUT2D eigenvalue weighted by atomic mass is 10.3. The lowest BCUT2D eigenvalue weighted by Gasteiger charge is -2.10. The minimum atomic E-state index is -5.99. The molecular weight excluding hydrogens is 313 g/mol. The Bertz CT molecular complexity index is 564. The van der Waals surface area contributed by atoms with Gasteiger partial charge >= 0.3 is 15.5 Å². The van der Waals surface area contributed by atoms with E-state index in [0.717, 1.165) is 0 Å². The fraction of sp³-hybridized carbons (Fsp3) is 0.571. The summed E-state index contributed by atoms with van der Waals surface area (Å²) in [5.74, 6) is -1.73. The topological polar surface area (TPSA) is 109 Å². The van der Waals surface area contributed by atoms with Crippen molar-refractivity contribution >= 4 is 26.0 Å². The molecule has 0 aromatic carbocycles. The Morgan fingerprint density at radius 1 is 1.21 bits per heavy atom. The number of carbonyl (C=O) groups excluding carboxylic acids is 1. The first-order chi connectivity index (χ1) is 8.28. The Labute approximate surface area is 108 Å². The highest BCUT2D eigenvalue weighted by Crippen LogP contribution is 2.22. The van der Waals surface area contributed by atoms with Gasteiger partial charge in [-0.3, -0.25) is 4.79 Å². The molecule has 0 aromatic rings. The summed E-state index contributed by atoms with van der Waals surface area (Å²) < 4.78 is 79.6. The van der Waals surface area contributed by atoms with Gasteiger partial charge in [-0.25, -0.2) is 16.8 Å². The summed E-state index contributed by atoms with van der Waals surface area (Å²) in [6, 6.07) is 0. The molecule has 0 saturated heterocycles. The molecule has 0 spiro atoms. The van der Waals surface area contributed by atoms with Crippen molar-refractivity contribution in [3.8, 4) is 0 Å². The number of rotatable bonds is 6. The number of hydrogen-bond donors (Lipinski definition) is 2. The first-order valence-corrected chi connectivity index (χ1v) is 7.68. The first kappa shape index (κ1) is 17.9. The predicted octanol–water partition coefficient (Wildman–Crippen LogP) is -0.552. The quantitative estimate of drug-likeness (QED) is 0.637. The number of hydrogen-bond acceptors (Lipinski definition) is 5. The molecule has 112 valence electrons. The third kappa shape index (κ3) is 6.02. The molecule has 0 radical (unpaired) electrons. The maximum atomic E-state index is 11.9. The van der Waals surface area contributed by atoms with Gasteiger partial charge in [-0.05, 0) is 6.92 Å². The van der Waals surface area contributed by atoms with E-state index in [0.29, 0.717) is 4.13 Å². The lowest BCUT2D eigenvalue weighted by Crippen LogP contribution is -2.43. The summed E-state index contributed by atoms with van der Waals surface area (Å²) in [5.41, 5.74) is -5.67. The minimum Gasteiger partial charge on any atom is -0.351 e. The van der Waals surface area contributed by atoms with Gasteiger partial charge < -0.3 is 5.32 Å². The van der Waals surface area contributed by atoms with E-state index in [4.69, 9.17) is 0 Å². The molecule has 0 heterocycles. The van der Waals surface area contributed by atoms with Crippen molar-refractivity contribution in [2.24, 2.45) is 0 Å². The fourth-order valence-electron chi connectivity index (χ4n) is 0.706. The van der Waals surface area contributed by atoms with E-state index >= 15 is 0 Å². The van der Waals surface area contributed by atoms with Crippen molar-refractivity contribution in [1.29, 1.82) is 0 Å². The van der Waals surface area contributed by atoms with Crippen LogP contribution in [0, 0.1) is 0 Å². The minimum absolute atomic E-state index is 0.0632. The van der Waals surface area contributed by atoms with E-state index < -0.39 is 43.8 Å². The van der Waals surface area contributed by atoms with Gasteiger partial charge in [0.15, 0.2) is 0 Å². The highest BCUT2D eigenvalue weighted by molar-refractivity contribution is 8.05. The van der Waals surface area contributed by atoms with Crippen molar-refractivity contribution in [1.82, 2.24) is 9.44 Å². The van der Waals surface area contributed by atoms with Crippen molar-refractivity contribution in [3.05, 3.63) is 12.2 Å². The van der Waals surface area contributed by atoms with Crippen LogP contribution in [0.4, 0.5) is 13.2 Å². The summed E-state index contributed by atoms with van der Waals surface area (Å²) >= 11 is 0. The second-order valence-electron chi connectivity index (χ2n) is 3.39. The predicted molar refractivity (Wildman–Crippen MR) is 59.7 cm³/mol. The molecule has 0 atom stereocenters. The molecule has 0 fully saturated rings. The number of carbonyl (C=O) groups is 1. The fourth-order valence-corrected chi connectivity index (χ4v) is 3.13. The molecule has 0 aliphatic carbocycles. The molecule has 7 nitrogen and oxygen atoms in total. The largest absolute Gasteiger partial charge is 0.512 e. The van der Waals surface area contributed by atoms with Crippen LogP contribution in [0.3, 0.4) is 0 Å². The smallest absolute Gasteiger partial charge is 0.351 e. The molecule has 1 amide bonds. The van der Waals surface area contributed by atoms with Crippen LogP contribution in [0.2, 0.25) is 0 Å². The zero-order chi connectivity index (χ0) is 15.5. The van der Waals surface area contributed by atoms with Crippen molar-refractivity contribution < 1.29 is 34.8 Å². The van der Waals surface area contributed by atoms with E-state index in [1.807, 2.05) is 5.32 Å². The molecule has 0 rings (SSSR count). The average Bonchev–Trinajstić information content (AvgIpc) is 2.13. The highest BCUT2D eigenvalue weighted by atomic mass is 32.3. The lowest BCUT2D eigenvalue weighted by molar-refractivity contribution is -0.117. The van der Waals surface area contributed by atoms with Crippen molar-refractivity contribution in [3.63, 3.8) is 0 Å². The summed E-state index contributed by atoms with van der Waals surface area (Å²) in [7, 11) is -10.7. The molecule has 12 heteroatoms. The van der Waals surface area contributed by atoms with Crippen LogP contribution in [0.1, 0.15) is 6.92 Å². The summed E-state index contributed by atoms with van der Waals surface area (Å²) in [6.07, 6.45) is 0. The van der Waals surface area contributed by atoms with E-state index in [1.54, 1.807) is 0 Å². The van der Waals surface area contributed by atoms with Gasteiger partial charge in [-0.2, -0.15) is 13.2 Å². The van der Waals surface area contributed by atoms with Crippen molar-refractivity contribution in [2.75, 3.05) is 12.3 Å². The number of amides is 1. The van der Waals surface area contributed by atoms with E-state index in [2.05, 4.69) is 6.58 Å². The standard InChI is InChI=1S/C7H11F3N2O5S2/c1-5(2)6(13)11-3-4-18(14,15)12-19(16,17)7(8,9)10/h12H,1,3-4H2,2H3,(H,11,13). The van der Waals surface area contributed by atoms with Gasteiger partial charge in [-0.1, -0.05) is 6.58 Å². The zero-order valence-electron chi connectivity index (χ0n) is 9.61. The average molecular weight is 324 g/mol. The van der Waals surface area contributed by atoms with Crippen LogP contribution >= 0.6 is 0 Å². The molecule has 2 N–H and O–H groups in total. The van der Waals surface area contributed by atoms with Gasteiger partial charge in [-0.15, -0.1) is 4.13 Å². The molecule has 0 bridgehead atoms. The molecule has 19 heavy (non-hydrogen) atoms. The Morgan fingerprint density at radius 2 is 1.68 bits per heavy atom. The molecule has 0 aliphatic rings. The molecule has 0 unspecified atom stereocenters. The van der Waals surface area contributed by atoms with Gasteiger partial charge in [0.05, 0.1) is 5.75 Å². The second kappa shape index (κ2) is 5.88. The van der Waals surface area contributed by atoms with Crippen LogP contribution in [-0.2, 0) is 24.8 Å². The zero-order valence-corrected chi connectivity index (χ0v) is 11.2. The molecule has 0 saturated carbocycles. The summed E-state index contributed by atoms with van der Waals surface area (Å²) in [6.45, 7) is 4.01. The van der Waals surface area contributed by atoms with Gasteiger partial charge in [0, 0.05) is 12.1 Å². The normalized spacial score (nSPS) is 13.1. The van der Waals surface area contributed by atoms with E-state index in [1.165, 1.54) is 6.92 Å². The Balaban J connectivity index is 4.61. The van der Waals surface area contributed by atoms with Gasteiger partial charge in [0.25, 0.3) is 0 Å². The third-order valence-electron chi connectivity index (χ3n) is 1.59. The van der Waals surface area contributed by atoms with Gasteiger partial charge in [0.1, 0.15) is 0 Å². The van der Waals surface area contributed by atoms with Crippen LogP contribution in [-0.4, -0.2) is 40.5 Å². The monoisotopic (exact) mass is 324 g/mol. The summed E-state index contributed by atoms with van der Waals surface area (Å²) in [4.78, 5) is 10.9.